The van der Waals surface area contributed by atoms with Gasteiger partial charge in [0.25, 0.3) is 17.7 Å². The minimum atomic E-state index is -0.594. The van der Waals surface area contributed by atoms with Gasteiger partial charge in [-0.25, -0.2) is 0 Å². The summed E-state index contributed by atoms with van der Waals surface area (Å²) in [7, 11) is 1.39. The number of hydrogen-bond donors (Lipinski definition) is 1. The van der Waals surface area contributed by atoms with E-state index in [1.807, 2.05) is 13.8 Å². The van der Waals surface area contributed by atoms with E-state index in [0.29, 0.717) is 5.69 Å². The fraction of sp³-hybridized carbons (Fsp3) is 0.421. The number of carbonyl (C=O) groups is 5. The summed E-state index contributed by atoms with van der Waals surface area (Å²) in [5.74, 6) is -2.70. The maximum absolute atomic E-state index is 12.1. The summed E-state index contributed by atoms with van der Waals surface area (Å²) in [6.07, 6.45) is 0.0765. The average Bonchev–Trinajstić information content (AvgIpc) is 3.14. The predicted molar refractivity (Wildman–Crippen MR) is 97.4 cm³/mol. The molecule has 0 saturated carbocycles. The molecule has 1 atom stereocenters. The van der Waals surface area contributed by atoms with E-state index >= 15 is 0 Å². The summed E-state index contributed by atoms with van der Waals surface area (Å²) < 4.78 is 5.03. The molecule has 0 aliphatic carbocycles. The molecule has 4 amide bonds. The zero-order valence-electron chi connectivity index (χ0n) is 15.9. The van der Waals surface area contributed by atoms with Crippen molar-refractivity contribution in [1.29, 1.82) is 0 Å². The van der Waals surface area contributed by atoms with Gasteiger partial charge in [-0.15, -0.1) is 0 Å². The average molecular weight is 387 g/mol. The van der Waals surface area contributed by atoms with Gasteiger partial charge in [0.1, 0.15) is 0 Å². The Morgan fingerprint density at radius 2 is 1.86 bits per heavy atom. The molecule has 0 spiro atoms. The van der Waals surface area contributed by atoms with E-state index in [4.69, 9.17) is 4.74 Å². The van der Waals surface area contributed by atoms with E-state index in [1.54, 1.807) is 4.90 Å². The Morgan fingerprint density at radius 1 is 1.18 bits per heavy atom. The van der Waals surface area contributed by atoms with Gasteiger partial charge in [0.15, 0.2) is 6.61 Å². The molecule has 2 heterocycles. The molecule has 1 N–H and O–H groups in total. The molecule has 1 aromatic rings. The zero-order valence-corrected chi connectivity index (χ0v) is 15.9. The second-order valence-electron chi connectivity index (χ2n) is 7.13. The smallest absolute Gasteiger partial charge is 0.311 e. The number of nitrogens with one attached hydrogen (secondary N) is 1. The number of benzene rings is 1. The van der Waals surface area contributed by atoms with Gasteiger partial charge in [-0.05, 0) is 32.0 Å². The highest BCUT2D eigenvalue weighted by Crippen LogP contribution is 2.25. The Labute approximate surface area is 161 Å². The summed E-state index contributed by atoms with van der Waals surface area (Å²) in [4.78, 5) is 62.5. The number of likely N-dealkylation sites (tertiary alicyclic amines) is 1. The maximum atomic E-state index is 12.1. The van der Waals surface area contributed by atoms with Gasteiger partial charge in [-0.2, -0.15) is 0 Å². The van der Waals surface area contributed by atoms with Crippen molar-refractivity contribution in [3.05, 3.63) is 29.3 Å². The molecule has 0 bridgehead atoms. The van der Waals surface area contributed by atoms with E-state index in [2.05, 4.69) is 5.32 Å². The van der Waals surface area contributed by atoms with E-state index in [-0.39, 0.29) is 36.0 Å². The lowest BCUT2D eigenvalue weighted by Gasteiger charge is -2.20. The Kier molecular flexibility index (Phi) is 5.17. The molecule has 3 rings (SSSR count). The third kappa shape index (κ3) is 3.60. The summed E-state index contributed by atoms with van der Waals surface area (Å²) in [6, 6.07) is 4.38. The summed E-state index contributed by atoms with van der Waals surface area (Å²) in [5, 5.41) is 2.53. The van der Waals surface area contributed by atoms with Crippen LogP contribution in [0.1, 0.15) is 41.0 Å². The third-order valence-corrected chi connectivity index (χ3v) is 4.83. The van der Waals surface area contributed by atoms with Crippen LogP contribution in [0, 0.1) is 5.92 Å². The summed E-state index contributed by atoms with van der Waals surface area (Å²) in [6.45, 7) is 3.51. The van der Waals surface area contributed by atoms with Crippen LogP contribution < -0.4 is 5.32 Å². The van der Waals surface area contributed by atoms with Crippen molar-refractivity contribution in [2.45, 2.75) is 26.3 Å². The van der Waals surface area contributed by atoms with Gasteiger partial charge >= 0.3 is 5.97 Å². The first-order valence-corrected chi connectivity index (χ1v) is 8.91. The van der Waals surface area contributed by atoms with Crippen LogP contribution in [-0.4, -0.2) is 65.6 Å². The molecule has 28 heavy (non-hydrogen) atoms. The number of carbonyl (C=O) groups excluding carboxylic acids is 5. The number of rotatable bonds is 5. The lowest BCUT2D eigenvalue weighted by atomic mass is 10.1. The molecular weight excluding hydrogens is 366 g/mol. The predicted octanol–water partition coefficient (Wildman–Crippen LogP) is 0.651. The van der Waals surface area contributed by atoms with Crippen LogP contribution in [0.5, 0.6) is 0 Å². The summed E-state index contributed by atoms with van der Waals surface area (Å²) in [5.41, 5.74) is 0.802. The van der Waals surface area contributed by atoms with Crippen LogP contribution in [0.4, 0.5) is 5.69 Å². The van der Waals surface area contributed by atoms with E-state index in [9.17, 15) is 24.0 Å². The first kappa shape index (κ1) is 19.5. The molecule has 1 saturated heterocycles. The number of amides is 4. The summed E-state index contributed by atoms with van der Waals surface area (Å²) >= 11 is 0. The first-order valence-electron chi connectivity index (χ1n) is 8.91. The van der Waals surface area contributed by atoms with Gasteiger partial charge in [0.2, 0.25) is 5.91 Å². The molecule has 0 aromatic heterocycles. The van der Waals surface area contributed by atoms with E-state index < -0.39 is 36.2 Å². The number of fused-ring (bicyclic) bond motifs is 1. The highest BCUT2D eigenvalue weighted by atomic mass is 16.5. The lowest BCUT2D eigenvalue weighted by molar-refractivity contribution is -0.151. The second-order valence-corrected chi connectivity index (χ2v) is 7.13. The highest BCUT2D eigenvalue weighted by molar-refractivity contribution is 6.21. The van der Waals surface area contributed by atoms with Crippen molar-refractivity contribution in [3.8, 4) is 0 Å². The molecular formula is C19H21N3O6. The molecule has 9 heteroatoms. The van der Waals surface area contributed by atoms with Crippen LogP contribution in [0.3, 0.4) is 0 Å². The standard InChI is InChI=1S/C19H21N3O6/c1-10(2)22-8-11(6-16(22)24)19(27)28-9-15(23)20-12-4-5-13-14(7-12)18(26)21(3)17(13)25/h4-5,7,10-11H,6,8-9H2,1-3H3,(H,20,23). The first-order chi connectivity index (χ1) is 13.2. The van der Waals surface area contributed by atoms with Gasteiger partial charge in [-0.1, -0.05) is 0 Å². The number of nitrogens with zero attached hydrogens (tertiary/aromatic N) is 2. The normalized spacial score (nSPS) is 18.7. The third-order valence-electron chi connectivity index (χ3n) is 4.83. The van der Waals surface area contributed by atoms with Gasteiger partial charge in [-0.3, -0.25) is 28.9 Å². The van der Waals surface area contributed by atoms with Crippen molar-refractivity contribution in [3.63, 3.8) is 0 Å². The molecule has 2 aliphatic rings. The SMILES string of the molecule is CC(C)N1CC(C(=O)OCC(=O)Nc2ccc3c(c2)C(=O)N(C)C3=O)CC1=O. The number of ether oxygens (including phenoxy) is 1. The van der Waals surface area contributed by atoms with Crippen molar-refractivity contribution >= 4 is 35.3 Å². The number of imide groups is 1. The monoisotopic (exact) mass is 387 g/mol. The second kappa shape index (κ2) is 7.41. The van der Waals surface area contributed by atoms with Crippen LogP contribution in [0.15, 0.2) is 18.2 Å². The van der Waals surface area contributed by atoms with Crippen molar-refractivity contribution in [2.75, 3.05) is 25.5 Å². The zero-order chi connectivity index (χ0) is 20.6. The Bertz CT molecular complexity index is 878. The van der Waals surface area contributed by atoms with Crippen molar-refractivity contribution in [2.24, 2.45) is 5.92 Å². The number of hydrogen-bond acceptors (Lipinski definition) is 6. The van der Waals surface area contributed by atoms with Crippen molar-refractivity contribution < 1.29 is 28.7 Å². The Balaban J connectivity index is 1.54. The molecule has 148 valence electrons. The minimum absolute atomic E-state index is 0.00189. The Hall–Kier alpha value is -3.23. The number of esters is 1. The lowest BCUT2D eigenvalue weighted by Crippen LogP contribution is -2.33. The van der Waals surface area contributed by atoms with E-state index in [1.165, 1.54) is 25.2 Å². The number of anilines is 1. The van der Waals surface area contributed by atoms with Gasteiger partial charge in [0.05, 0.1) is 17.0 Å². The molecule has 0 radical (unpaired) electrons. The Morgan fingerprint density at radius 3 is 2.50 bits per heavy atom. The fourth-order valence-corrected chi connectivity index (χ4v) is 3.28. The molecule has 1 fully saturated rings. The van der Waals surface area contributed by atoms with Crippen molar-refractivity contribution in [1.82, 2.24) is 9.80 Å². The van der Waals surface area contributed by atoms with Crippen LogP contribution >= 0.6 is 0 Å². The van der Waals surface area contributed by atoms with Gasteiger partial charge < -0.3 is 15.0 Å². The fourth-order valence-electron chi connectivity index (χ4n) is 3.28. The largest absolute Gasteiger partial charge is 0.455 e. The van der Waals surface area contributed by atoms with Gasteiger partial charge in [0, 0.05) is 31.7 Å². The van der Waals surface area contributed by atoms with Crippen LogP contribution in [-0.2, 0) is 19.1 Å². The maximum Gasteiger partial charge on any atom is 0.311 e. The molecule has 1 aromatic carbocycles. The highest BCUT2D eigenvalue weighted by Gasteiger charge is 2.37. The molecule has 1 unspecified atom stereocenters. The topological polar surface area (TPSA) is 113 Å². The van der Waals surface area contributed by atoms with Crippen LogP contribution in [0.2, 0.25) is 0 Å². The quantitative estimate of drug-likeness (QED) is 0.586. The minimum Gasteiger partial charge on any atom is -0.455 e. The van der Waals surface area contributed by atoms with Crippen LogP contribution in [0.25, 0.3) is 0 Å². The molecule has 9 nitrogen and oxygen atoms in total. The van der Waals surface area contributed by atoms with E-state index in [0.717, 1.165) is 4.90 Å². The molecule has 2 aliphatic heterocycles.